The summed E-state index contributed by atoms with van der Waals surface area (Å²) in [4.78, 5) is 27.5. The predicted molar refractivity (Wildman–Crippen MR) is 98.9 cm³/mol. The summed E-state index contributed by atoms with van der Waals surface area (Å²) < 4.78 is 5.15. The fourth-order valence-corrected chi connectivity index (χ4v) is 3.17. The van der Waals surface area contributed by atoms with Crippen molar-refractivity contribution in [1.82, 2.24) is 15.6 Å². The number of aromatic nitrogens is 1. The molecule has 0 atom stereocenters. The monoisotopic (exact) mass is 381 g/mol. The zero-order valence-corrected chi connectivity index (χ0v) is 15.5. The predicted octanol–water partition coefficient (Wildman–Crippen LogP) is 3.26. The highest BCUT2D eigenvalue weighted by Gasteiger charge is 2.11. The first-order valence-electron chi connectivity index (χ1n) is 7.96. The van der Waals surface area contributed by atoms with Crippen LogP contribution in [0.15, 0.2) is 29.6 Å². The van der Waals surface area contributed by atoms with Gasteiger partial charge in [0.1, 0.15) is 5.01 Å². The number of carbonyl (C=O) groups excluding carboxylic acids is 2. The van der Waals surface area contributed by atoms with E-state index in [2.05, 4.69) is 15.6 Å². The van der Waals surface area contributed by atoms with Crippen molar-refractivity contribution in [2.24, 2.45) is 0 Å². The number of urea groups is 1. The topological polar surface area (TPSA) is 80.3 Å². The second kappa shape index (κ2) is 10.0. The number of amides is 2. The number of carbonyl (C=O) groups is 2. The number of hydrogen-bond donors (Lipinski definition) is 2. The Kier molecular flexibility index (Phi) is 7.69. The van der Waals surface area contributed by atoms with Gasteiger partial charge in [0.2, 0.25) is 0 Å². The van der Waals surface area contributed by atoms with Gasteiger partial charge in [-0.1, -0.05) is 29.8 Å². The number of nitrogens with one attached hydrogen (secondary N) is 2. The molecule has 1 heterocycles. The highest BCUT2D eigenvalue weighted by molar-refractivity contribution is 7.13. The van der Waals surface area contributed by atoms with E-state index in [0.717, 1.165) is 10.6 Å². The van der Waals surface area contributed by atoms with Gasteiger partial charge >= 0.3 is 12.0 Å². The maximum atomic E-state index is 11.8. The number of rotatable bonds is 8. The van der Waals surface area contributed by atoms with Crippen LogP contribution in [0.3, 0.4) is 0 Å². The maximum Gasteiger partial charge on any atom is 0.314 e. The lowest BCUT2D eigenvalue weighted by atomic mass is 10.2. The minimum absolute atomic E-state index is 0.116. The van der Waals surface area contributed by atoms with E-state index in [4.69, 9.17) is 16.3 Å². The smallest absolute Gasteiger partial charge is 0.314 e. The second-order valence-corrected chi connectivity index (χ2v) is 6.43. The minimum Gasteiger partial charge on any atom is -0.465 e. The molecule has 0 aliphatic heterocycles. The van der Waals surface area contributed by atoms with E-state index in [0.29, 0.717) is 30.2 Å². The van der Waals surface area contributed by atoms with Gasteiger partial charge in [0.15, 0.2) is 0 Å². The van der Waals surface area contributed by atoms with E-state index in [-0.39, 0.29) is 25.0 Å². The third kappa shape index (κ3) is 6.36. The molecule has 2 aromatic rings. The quantitative estimate of drug-likeness (QED) is 0.543. The molecule has 0 saturated carbocycles. The summed E-state index contributed by atoms with van der Waals surface area (Å²) in [6, 6.07) is 7.24. The van der Waals surface area contributed by atoms with Crippen molar-refractivity contribution >= 4 is 34.9 Å². The highest BCUT2D eigenvalue weighted by atomic mass is 35.5. The van der Waals surface area contributed by atoms with E-state index in [1.54, 1.807) is 6.07 Å². The van der Waals surface area contributed by atoms with Crippen LogP contribution in [0.2, 0.25) is 5.02 Å². The summed E-state index contributed by atoms with van der Waals surface area (Å²) in [5.74, 6) is -0.339. The lowest BCUT2D eigenvalue weighted by Crippen LogP contribution is -2.36. The van der Waals surface area contributed by atoms with E-state index >= 15 is 0 Å². The number of thiazole rings is 1. The lowest BCUT2D eigenvalue weighted by Gasteiger charge is -2.06. The van der Waals surface area contributed by atoms with Gasteiger partial charge in [0, 0.05) is 24.0 Å². The summed E-state index contributed by atoms with van der Waals surface area (Å²) in [6.45, 7) is 3.13. The molecule has 2 amide bonds. The minimum atomic E-state index is -0.339. The van der Waals surface area contributed by atoms with Gasteiger partial charge in [-0.05, 0) is 19.4 Å². The molecule has 0 unspecified atom stereocenters. The summed E-state index contributed by atoms with van der Waals surface area (Å²) in [7, 11) is 0. The summed E-state index contributed by atoms with van der Waals surface area (Å²) in [6.07, 6.45) is 0.676. The standard InChI is InChI=1S/C17H20ClN3O3S/c1-2-19-17(23)20-8-5-9-24-15(22)10-12-11-25-16(21-12)13-6-3-4-7-14(13)18/h3-4,6-7,11H,2,5,8-10H2,1H3,(H2,19,20,23). The molecule has 2 rings (SSSR count). The molecule has 134 valence electrons. The van der Waals surface area contributed by atoms with E-state index in [1.165, 1.54) is 11.3 Å². The first-order valence-corrected chi connectivity index (χ1v) is 9.22. The third-order valence-corrected chi connectivity index (χ3v) is 4.44. The Morgan fingerprint density at radius 1 is 1.28 bits per heavy atom. The molecule has 0 spiro atoms. The summed E-state index contributed by atoms with van der Waals surface area (Å²) in [5.41, 5.74) is 1.51. The Balaban J connectivity index is 1.73. The number of ether oxygens (including phenoxy) is 1. The summed E-state index contributed by atoms with van der Waals surface area (Å²) in [5, 5.41) is 8.53. The molecular formula is C17H20ClN3O3S. The molecule has 1 aromatic heterocycles. The maximum absolute atomic E-state index is 11.8. The van der Waals surface area contributed by atoms with Crippen molar-refractivity contribution in [3.8, 4) is 10.6 Å². The average molecular weight is 382 g/mol. The van der Waals surface area contributed by atoms with Crippen molar-refractivity contribution in [2.75, 3.05) is 19.7 Å². The van der Waals surface area contributed by atoms with Gasteiger partial charge in [-0.2, -0.15) is 0 Å². The largest absolute Gasteiger partial charge is 0.465 e. The van der Waals surface area contributed by atoms with Crippen LogP contribution < -0.4 is 10.6 Å². The second-order valence-electron chi connectivity index (χ2n) is 5.16. The van der Waals surface area contributed by atoms with Gasteiger partial charge in [0.05, 0.1) is 23.7 Å². The molecule has 0 saturated heterocycles. The van der Waals surface area contributed by atoms with Gasteiger partial charge in [-0.15, -0.1) is 11.3 Å². The van der Waals surface area contributed by atoms with Gasteiger partial charge in [-0.3, -0.25) is 4.79 Å². The van der Waals surface area contributed by atoms with Gasteiger partial charge in [0.25, 0.3) is 0 Å². The third-order valence-electron chi connectivity index (χ3n) is 3.19. The van der Waals surface area contributed by atoms with Crippen molar-refractivity contribution in [1.29, 1.82) is 0 Å². The number of esters is 1. The van der Waals surface area contributed by atoms with Crippen LogP contribution in [0.1, 0.15) is 19.0 Å². The van der Waals surface area contributed by atoms with E-state index < -0.39 is 0 Å². The first kappa shape index (κ1) is 19.2. The van der Waals surface area contributed by atoms with Crippen molar-refractivity contribution in [3.63, 3.8) is 0 Å². The van der Waals surface area contributed by atoms with E-state index in [1.807, 2.05) is 30.5 Å². The molecule has 0 fully saturated rings. The fourth-order valence-electron chi connectivity index (χ4n) is 2.03. The SMILES string of the molecule is CCNC(=O)NCCCOC(=O)Cc1csc(-c2ccccc2Cl)n1. The van der Waals surface area contributed by atoms with E-state index in [9.17, 15) is 9.59 Å². The first-order chi connectivity index (χ1) is 12.1. The number of nitrogens with zero attached hydrogens (tertiary/aromatic N) is 1. The van der Waals surface area contributed by atoms with Crippen LogP contribution in [0.4, 0.5) is 4.79 Å². The molecule has 0 radical (unpaired) electrons. The molecule has 2 N–H and O–H groups in total. The Hall–Kier alpha value is -2.12. The normalized spacial score (nSPS) is 10.3. The highest BCUT2D eigenvalue weighted by Crippen LogP contribution is 2.30. The molecule has 25 heavy (non-hydrogen) atoms. The zero-order chi connectivity index (χ0) is 18.1. The molecular weight excluding hydrogens is 362 g/mol. The number of hydrogen-bond acceptors (Lipinski definition) is 5. The fraction of sp³-hybridized carbons (Fsp3) is 0.353. The van der Waals surface area contributed by atoms with Crippen molar-refractivity contribution in [2.45, 2.75) is 19.8 Å². The molecule has 0 bridgehead atoms. The van der Waals surface area contributed by atoms with Crippen LogP contribution in [0, 0.1) is 0 Å². The van der Waals surface area contributed by atoms with Crippen LogP contribution in [-0.2, 0) is 16.0 Å². The Morgan fingerprint density at radius 3 is 2.84 bits per heavy atom. The van der Waals surface area contributed by atoms with Gasteiger partial charge in [-0.25, -0.2) is 9.78 Å². The molecule has 6 nitrogen and oxygen atoms in total. The Morgan fingerprint density at radius 2 is 2.08 bits per heavy atom. The Bertz CT molecular complexity index is 721. The van der Waals surface area contributed by atoms with Crippen molar-refractivity contribution < 1.29 is 14.3 Å². The lowest BCUT2D eigenvalue weighted by molar-refractivity contribution is -0.142. The molecule has 0 aliphatic carbocycles. The summed E-state index contributed by atoms with van der Waals surface area (Å²) >= 11 is 7.60. The molecule has 1 aromatic carbocycles. The van der Waals surface area contributed by atoms with Crippen LogP contribution in [0.5, 0.6) is 0 Å². The van der Waals surface area contributed by atoms with Crippen LogP contribution >= 0.6 is 22.9 Å². The van der Waals surface area contributed by atoms with Crippen LogP contribution in [-0.4, -0.2) is 36.7 Å². The van der Waals surface area contributed by atoms with Crippen LogP contribution in [0.25, 0.3) is 10.6 Å². The molecule has 0 aliphatic rings. The average Bonchev–Trinajstić information content (AvgIpc) is 3.03. The number of benzene rings is 1. The molecule has 8 heteroatoms. The Labute approximate surface area is 155 Å². The zero-order valence-electron chi connectivity index (χ0n) is 13.9. The van der Waals surface area contributed by atoms with Gasteiger partial charge < -0.3 is 15.4 Å². The number of halogens is 1. The van der Waals surface area contributed by atoms with Crippen molar-refractivity contribution in [3.05, 3.63) is 40.4 Å².